The summed E-state index contributed by atoms with van der Waals surface area (Å²) in [7, 11) is -1.72. The molecule has 0 atom stereocenters. The number of aryl methyl sites for hydroxylation is 1. The fourth-order valence-electron chi connectivity index (χ4n) is 0.979. The molecule has 0 unspecified atom stereocenters. The van der Waals surface area contributed by atoms with Crippen LogP contribution in [-0.4, -0.2) is 21.2 Å². The van der Waals surface area contributed by atoms with Gasteiger partial charge in [-0.3, -0.25) is 0 Å². The second kappa shape index (κ2) is 6.58. The molecule has 0 aliphatic heterocycles. The SMILES string of the molecule is CNS(=O)(=O)CCc1c[c-]c(N)cc1.[Y]. The molecule has 1 aromatic carbocycles. The van der Waals surface area contributed by atoms with Gasteiger partial charge in [0, 0.05) is 32.7 Å². The Bertz CT molecular complexity index is 389. The summed E-state index contributed by atoms with van der Waals surface area (Å²) in [5.74, 6) is 0.0846. The third kappa shape index (κ3) is 5.61. The van der Waals surface area contributed by atoms with Crippen LogP contribution in [0, 0.1) is 6.07 Å². The van der Waals surface area contributed by atoms with Crippen LogP contribution in [0.15, 0.2) is 18.2 Å². The van der Waals surface area contributed by atoms with Crippen molar-refractivity contribution in [2.24, 2.45) is 0 Å². The molecule has 0 saturated carbocycles. The van der Waals surface area contributed by atoms with E-state index in [0.29, 0.717) is 12.1 Å². The number of rotatable bonds is 4. The van der Waals surface area contributed by atoms with E-state index in [9.17, 15) is 8.42 Å². The maximum absolute atomic E-state index is 11.1. The summed E-state index contributed by atoms with van der Waals surface area (Å²) in [5.41, 5.74) is 6.92. The van der Waals surface area contributed by atoms with Crippen LogP contribution in [0.2, 0.25) is 0 Å². The van der Waals surface area contributed by atoms with Gasteiger partial charge in [0.1, 0.15) is 0 Å². The first-order valence-electron chi connectivity index (χ1n) is 4.21. The summed E-state index contributed by atoms with van der Waals surface area (Å²) < 4.78 is 24.4. The Morgan fingerprint density at radius 1 is 1.47 bits per heavy atom. The van der Waals surface area contributed by atoms with E-state index in [0.717, 1.165) is 5.56 Å². The van der Waals surface area contributed by atoms with E-state index in [1.54, 1.807) is 18.2 Å². The molecule has 1 radical (unpaired) electrons. The van der Waals surface area contributed by atoms with Crippen LogP contribution in [0.4, 0.5) is 5.69 Å². The van der Waals surface area contributed by atoms with Gasteiger partial charge in [0.15, 0.2) is 0 Å². The van der Waals surface area contributed by atoms with Crippen LogP contribution in [0.25, 0.3) is 0 Å². The van der Waals surface area contributed by atoms with Crippen LogP contribution < -0.4 is 10.5 Å². The summed E-state index contributed by atoms with van der Waals surface area (Å²) >= 11 is 0. The molecule has 1 aromatic rings. The van der Waals surface area contributed by atoms with Crippen molar-refractivity contribution < 1.29 is 41.1 Å². The van der Waals surface area contributed by atoms with Crippen molar-refractivity contribution in [1.82, 2.24) is 4.72 Å². The largest absolute Gasteiger partial charge is 0.420 e. The van der Waals surface area contributed by atoms with Crippen molar-refractivity contribution in [2.75, 3.05) is 18.5 Å². The fourth-order valence-corrected chi connectivity index (χ4v) is 1.69. The minimum Gasteiger partial charge on any atom is -0.420 e. The zero-order chi connectivity index (χ0) is 10.6. The molecule has 0 aromatic heterocycles. The Morgan fingerprint density at radius 2 is 2.13 bits per heavy atom. The molecule has 15 heavy (non-hydrogen) atoms. The maximum Gasteiger partial charge on any atom is 0.210 e. The summed E-state index contributed by atoms with van der Waals surface area (Å²) in [4.78, 5) is 0. The van der Waals surface area contributed by atoms with Crippen molar-refractivity contribution in [3.8, 4) is 0 Å². The molecule has 0 bridgehead atoms. The Balaban J connectivity index is 0.00000196. The molecule has 0 saturated heterocycles. The van der Waals surface area contributed by atoms with E-state index in [4.69, 9.17) is 5.73 Å². The number of sulfonamides is 1. The summed E-state index contributed by atoms with van der Waals surface area (Å²) in [6.07, 6.45) is 0.472. The van der Waals surface area contributed by atoms with Gasteiger partial charge in [-0.1, -0.05) is 12.1 Å². The zero-order valence-electron chi connectivity index (χ0n) is 8.53. The minimum absolute atomic E-state index is 0. The van der Waals surface area contributed by atoms with Gasteiger partial charge in [-0.05, 0) is 7.05 Å². The molecule has 6 heteroatoms. The average Bonchev–Trinajstić information content (AvgIpc) is 2.17. The standard InChI is InChI=1S/C9H13N2O2S.Y/c1-11-14(12,13)7-6-8-2-4-9(10)5-3-8;/h2-4,11H,6-7,10H2,1H3;/q-1;. The van der Waals surface area contributed by atoms with Gasteiger partial charge >= 0.3 is 0 Å². The monoisotopic (exact) mass is 302 g/mol. The molecule has 1 rings (SSSR count). The molecule has 0 amide bonds. The van der Waals surface area contributed by atoms with Gasteiger partial charge in [-0.15, -0.1) is 6.07 Å². The summed E-state index contributed by atoms with van der Waals surface area (Å²) in [6, 6.07) is 8.04. The van der Waals surface area contributed by atoms with Gasteiger partial charge in [0.25, 0.3) is 0 Å². The topological polar surface area (TPSA) is 72.2 Å². The van der Waals surface area contributed by atoms with E-state index in [1.807, 2.05) is 0 Å². The van der Waals surface area contributed by atoms with Gasteiger partial charge in [0.05, 0.1) is 5.75 Å². The Hall–Kier alpha value is 0.0339. The summed E-state index contributed by atoms with van der Waals surface area (Å²) in [5, 5.41) is 0. The number of hydrogen-bond acceptors (Lipinski definition) is 3. The summed E-state index contributed by atoms with van der Waals surface area (Å²) in [6.45, 7) is 0. The molecule has 0 spiro atoms. The predicted octanol–water partition coefficient (Wildman–Crippen LogP) is 0.158. The van der Waals surface area contributed by atoms with E-state index in [1.165, 1.54) is 7.05 Å². The third-order valence-electron chi connectivity index (χ3n) is 1.87. The minimum atomic E-state index is -3.12. The smallest absolute Gasteiger partial charge is 0.210 e. The normalized spacial score (nSPS) is 10.7. The molecule has 4 nitrogen and oxygen atoms in total. The van der Waals surface area contributed by atoms with E-state index >= 15 is 0 Å². The third-order valence-corrected chi connectivity index (χ3v) is 3.24. The van der Waals surface area contributed by atoms with Gasteiger partial charge < -0.3 is 5.73 Å². The van der Waals surface area contributed by atoms with Crippen LogP contribution in [0.1, 0.15) is 5.56 Å². The molecular weight excluding hydrogens is 289 g/mol. The molecule has 3 N–H and O–H groups in total. The molecule has 0 aliphatic carbocycles. The maximum atomic E-state index is 11.1. The average molecular weight is 302 g/mol. The second-order valence-corrected chi connectivity index (χ2v) is 4.97. The van der Waals surface area contributed by atoms with Crippen LogP contribution in [0.5, 0.6) is 0 Å². The molecular formula is C9H13N2O2SY-. The zero-order valence-corrected chi connectivity index (χ0v) is 12.2. The van der Waals surface area contributed by atoms with Crippen molar-refractivity contribution >= 4 is 15.7 Å². The Morgan fingerprint density at radius 3 is 2.60 bits per heavy atom. The number of nitrogens with one attached hydrogen (secondary N) is 1. The first-order chi connectivity index (χ1) is 6.53. The van der Waals surface area contributed by atoms with E-state index < -0.39 is 10.0 Å². The number of nitrogens with two attached hydrogens (primary N) is 1. The number of hydrogen-bond donors (Lipinski definition) is 2. The first kappa shape index (κ1) is 15.0. The van der Waals surface area contributed by atoms with Crippen molar-refractivity contribution in [1.29, 1.82) is 0 Å². The van der Waals surface area contributed by atoms with Crippen LogP contribution in [0.3, 0.4) is 0 Å². The van der Waals surface area contributed by atoms with Crippen LogP contribution >= 0.6 is 0 Å². The number of benzene rings is 1. The Labute approximate surface area is 116 Å². The Kier molecular flexibility index (Phi) is 6.60. The van der Waals surface area contributed by atoms with Crippen molar-refractivity contribution in [3.05, 3.63) is 29.8 Å². The second-order valence-electron chi connectivity index (χ2n) is 2.93. The fraction of sp³-hybridized carbons (Fsp3) is 0.333. The first-order valence-corrected chi connectivity index (χ1v) is 5.86. The number of nitrogen functional groups attached to an aromatic ring is 1. The molecule has 0 heterocycles. The van der Waals surface area contributed by atoms with E-state index in [2.05, 4.69) is 10.8 Å². The van der Waals surface area contributed by atoms with Gasteiger partial charge in [-0.2, -0.15) is 23.8 Å². The van der Waals surface area contributed by atoms with Gasteiger partial charge in [-0.25, -0.2) is 13.1 Å². The number of anilines is 1. The molecule has 0 fully saturated rings. The van der Waals surface area contributed by atoms with E-state index in [-0.39, 0.29) is 38.5 Å². The van der Waals surface area contributed by atoms with Crippen molar-refractivity contribution in [3.63, 3.8) is 0 Å². The molecule has 0 aliphatic rings. The molecule has 81 valence electrons. The van der Waals surface area contributed by atoms with Crippen LogP contribution in [-0.2, 0) is 49.2 Å². The van der Waals surface area contributed by atoms with Gasteiger partial charge in [0.2, 0.25) is 10.0 Å². The van der Waals surface area contributed by atoms with Crippen molar-refractivity contribution in [2.45, 2.75) is 6.42 Å². The predicted molar refractivity (Wildman–Crippen MR) is 56.2 cm³/mol. The quantitative estimate of drug-likeness (QED) is 0.615.